The number of hydrogen-bond acceptors (Lipinski definition) is 3. The molecule has 2 unspecified atom stereocenters. The fourth-order valence-corrected chi connectivity index (χ4v) is 2.75. The predicted octanol–water partition coefficient (Wildman–Crippen LogP) is 3.53. The summed E-state index contributed by atoms with van der Waals surface area (Å²) < 4.78 is 18.9. The van der Waals surface area contributed by atoms with Gasteiger partial charge in [0.05, 0.1) is 5.02 Å². The van der Waals surface area contributed by atoms with Crippen LogP contribution in [0.4, 0.5) is 9.18 Å². The van der Waals surface area contributed by atoms with Crippen molar-refractivity contribution >= 4 is 17.7 Å². The van der Waals surface area contributed by atoms with Crippen LogP contribution in [0.5, 0.6) is 0 Å². The number of nitrogens with two attached hydrogens (primary N) is 1. The molecule has 6 heteroatoms. The molecule has 0 saturated carbocycles. The van der Waals surface area contributed by atoms with Gasteiger partial charge in [-0.15, -0.1) is 0 Å². The third-order valence-corrected chi connectivity index (χ3v) is 3.99. The van der Waals surface area contributed by atoms with Crippen LogP contribution in [0.25, 0.3) is 0 Å². The number of halogens is 2. The fourth-order valence-electron chi connectivity index (χ4n) is 2.63. The van der Waals surface area contributed by atoms with Gasteiger partial charge in [-0.2, -0.15) is 0 Å². The SMILES string of the molecule is CC(C)(C)OC(=O)N1CCC(c2ccc(Cl)c(F)c2)C(N)C1. The highest BCUT2D eigenvalue weighted by atomic mass is 35.5. The zero-order chi connectivity index (χ0) is 16.5. The van der Waals surface area contributed by atoms with E-state index in [0.717, 1.165) is 5.56 Å². The van der Waals surface area contributed by atoms with Crippen LogP contribution in [-0.4, -0.2) is 35.7 Å². The molecule has 1 heterocycles. The number of amides is 1. The second kappa shape index (κ2) is 6.42. The first kappa shape index (κ1) is 17.0. The number of rotatable bonds is 1. The van der Waals surface area contributed by atoms with Gasteiger partial charge in [-0.25, -0.2) is 9.18 Å². The van der Waals surface area contributed by atoms with E-state index in [1.54, 1.807) is 17.0 Å². The normalized spacial score (nSPS) is 22.5. The second-order valence-electron chi connectivity index (χ2n) is 6.66. The van der Waals surface area contributed by atoms with Crippen LogP contribution in [0.2, 0.25) is 5.02 Å². The lowest BCUT2D eigenvalue weighted by Crippen LogP contribution is -2.50. The van der Waals surface area contributed by atoms with Gasteiger partial charge in [0, 0.05) is 25.0 Å². The third kappa shape index (κ3) is 4.11. The lowest BCUT2D eigenvalue weighted by molar-refractivity contribution is 0.0186. The van der Waals surface area contributed by atoms with Crippen molar-refractivity contribution in [2.75, 3.05) is 13.1 Å². The zero-order valence-corrected chi connectivity index (χ0v) is 13.9. The van der Waals surface area contributed by atoms with Gasteiger partial charge in [0.15, 0.2) is 0 Å². The summed E-state index contributed by atoms with van der Waals surface area (Å²) in [5.74, 6) is -0.439. The minimum absolute atomic E-state index is 0.00505. The first-order valence-corrected chi connectivity index (χ1v) is 7.73. The van der Waals surface area contributed by atoms with Crippen LogP contribution in [0.1, 0.15) is 38.7 Å². The highest BCUT2D eigenvalue weighted by molar-refractivity contribution is 6.30. The first-order chi connectivity index (χ1) is 10.2. The molecule has 2 atom stereocenters. The number of carbonyl (C=O) groups is 1. The summed E-state index contributed by atoms with van der Waals surface area (Å²) in [6, 6.07) is 4.50. The number of nitrogens with zero attached hydrogens (tertiary/aromatic N) is 1. The molecule has 22 heavy (non-hydrogen) atoms. The molecule has 4 nitrogen and oxygen atoms in total. The maximum atomic E-state index is 13.6. The van der Waals surface area contributed by atoms with Gasteiger partial charge in [-0.1, -0.05) is 17.7 Å². The third-order valence-electron chi connectivity index (χ3n) is 3.68. The first-order valence-electron chi connectivity index (χ1n) is 7.36. The number of carbonyl (C=O) groups excluding carboxylic acids is 1. The Morgan fingerprint density at radius 3 is 2.68 bits per heavy atom. The molecule has 1 aliphatic rings. The van der Waals surface area contributed by atoms with Crippen molar-refractivity contribution in [3.63, 3.8) is 0 Å². The largest absolute Gasteiger partial charge is 0.444 e. The summed E-state index contributed by atoms with van der Waals surface area (Å²) >= 11 is 5.71. The Balaban J connectivity index is 2.03. The molecule has 0 aliphatic carbocycles. The van der Waals surface area contributed by atoms with Crippen LogP contribution in [-0.2, 0) is 4.74 Å². The molecular weight excluding hydrogens is 307 g/mol. The summed E-state index contributed by atoms with van der Waals surface area (Å²) in [4.78, 5) is 13.7. The van der Waals surface area contributed by atoms with Crippen LogP contribution in [0.3, 0.4) is 0 Å². The number of benzene rings is 1. The van der Waals surface area contributed by atoms with Crippen molar-refractivity contribution in [3.05, 3.63) is 34.6 Å². The molecule has 1 aromatic rings. The van der Waals surface area contributed by atoms with Crippen molar-refractivity contribution in [2.45, 2.75) is 44.8 Å². The summed E-state index contributed by atoms with van der Waals surface area (Å²) in [5, 5.41) is 0.100. The van der Waals surface area contributed by atoms with Crippen molar-refractivity contribution in [2.24, 2.45) is 5.73 Å². The Bertz CT molecular complexity index is 560. The van der Waals surface area contributed by atoms with E-state index in [1.807, 2.05) is 20.8 Å². The van der Waals surface area contributed by atoms with E-state index in [4.69, 9.17) is 22.1 Å². The van der Waals surface area contributed by atoms with Crippen molar-refractivity contribution in [3.8, 4) is 0 Å². The molecule has 2 N–H and O–H groups in total. The number of ether oxygens (including phenoxy) is 1. The van der Waals surface area contributed by atoms with E-state index in [0.29, 0.717) is 19.5 Å². The van der Waals surface area contributed by atoms with Gasteiger partial charge in [0.2, 0.25) is 0 Å². The zero-order valence-electron chi connectivity index (χ0n) is 13.1. The van der Waals surface area contributed by atoms with Gasteiger partial charge in [0.1, 0.15) is 11.4 Å². The molecule has 122 valence electrons. The minimum Gasteiger partial charge on any atom is -0.444 e. The Morgan fingerprint density at radius 1 is 1.45 bits per heavy atom. The average molecular weight is 329 g/mol. The Hall–Kier alpha value is -1.33. The second-order valence-corrected chi connectivity index (χ2v) is 7.07. The topological polar surface area (TPSA) is 55.6 Å². The molecule has 2 rings (SSSR count). The van der Waals surface area contributed by atoms with Crippen LogP contribution >= 0.6 is 11.6 Å². The fraction of sp³-hybridized carbons (Fsp3) is 0.562. The molecule has 1 fully saturated rings. The van der Waals surface area contributed by atoms with E-state index < -0.39 is 11.4 Å². The van der Waals surface area contributed by atoms with Crippen LogP contribution in [0, 0.1) is 5.82 Å². The van der Waals surface area contributed by atoms with E-state index in [-0.39, 0.29) is 23.1 Å². The molecule has 0 radical (unpaired) electrons. The smallest absolute Gasteiger partial charge is 0.410 e. The summed E-state index contributed by atoms with van der Waals surface area (Å²) in [6.07, 6.45) is 0.310. The summed E-state index contributed by atoms with van der Waals surface area (Å²) in [5.41, 5.74) is 6.47. The van der Waals surface area contributed by atoms with Gasteiger partial charge < -0.3 is 15.4 Å². The van der Waals surface area contributed by atoms with Crippen LogP contribution < -0.4 is 5.73 Å². The molecule has 1 saturated heterocycles. The Labute approximate surface area is 135 Å². The Kier molecular flexibility index (Phi) is 4.97. The highest BCUT2D eigenvalue weighted by Crippen LogP contribution is 2.30. The van der Waals surface area contributed by atoms with Gasteiger partial charge >= 0.3 is 6.09 Å². The van der Waals surface area contributed by atoms with Crippen molar-refractivity contribution in [1.82, 2.24) is 4.90 Å². The molecule has 1 amide bonds. The maximum Gasteiger partial charge on any atom is 0.410 e. The molecule has 1 aliphatic heterocycles. The quantitative estimate of drug-likeness (QED) is 0.858. The Morgan fingerprint density at radius 2 is 2.14 bits per heavy atom. The molecular formula is C16H22ClFN2O2. The van der Waals surface area contributed by atoms with E-state index >= 15 is 0 Å². The lowest BCUT2D eigenvalue weighted by Gasteiger charge is -2.37. The highest BCUT2D eigenvalue weighted by Gasteiger charge is 2.32. The molecule has 1 aromatic carbocycles. The van der Waals surface area contributed by atoms with E-state index in [9.17, 15) is 9.18 Å². The van der Waals surface area contributed by atoms with Crippen LogP contribution in [0.15, 0.2) is 18.2 Å². The van der Waals surface area contributed by atoms with E-state index in [1.165, 1.54) is 6.07 Å². The van der Waals surface area contributed by atoms with Gasteiger partial charge in [-0.3, -0.25) is 0 Å². The maximum absolute atomic E-state index is 13.6. The van der Waals surface area contributed by atoms with Gasteiger partial charge in [-0.05, 0) is 44.9 Å². The van der Waals surface area contributed by atoms with Crippen molar-refractivity contribution in [1.29, 1.82) is 0 Å². The minimum atomic E-state index is -0.530. The monoisotopic (exact) mass is 328 g/mol. The number of hydrogen-bond donors (Lipinski definition) is 1. The molecule has 0 spiro atoms. The number of likely N-dealkylation sites (tertiary alicyclic amines) is 1. The summed E-state index contributed by atoms with van der Waals surface area (Å²) in [6.45, 7) is 6.41. The van der Waals surface area contributed by atoms with E-state index in [2.05, 4.69) is 0 Å². The lowest BCUT2D eigenvalue weighted by atomic mass is 9.86. The van der Waals surface area contributed by atoms with Crippen molar-refractivity contribution < 1.29 is 13.9 Å². The predicted molar refractivity (Wildman–Crippen MR) is 84.6 cm³/mol. The van der Waals surface area contributed by atoms with Gasteiger partial charge in [0.25, 0.3) is 0 Å². The molecule has 0 aromatic heterocycles. The summed E-state index contributed by atoms with van der Waals surface area (Å²) in [7, 11) is 0. The average Bonchev–Trinajstić information content (AvgIpc) is 2.40. The standard InChI is InChI=1S/C16H22ClFN2O2/c1-16(2,3)22-15(21)20-7-6-11(14(19)9-20)10-4-5-12(17)13(18)8-10/h4-5,8,11,14H,6-7,9,19H2,1-3H3. The molecule has 0 bridgehead atoms. The number of piperidine rings is 1.